The van der Waals surface area contributed by atoms with E-state index in [1.165, 1.54) is 0 Å². The number of carbonyl (C=O) groups is 3. The molecular formula is C28H36BrN3O6. The lowest BCUT2D eigenvalue weighted by molar-refractivity contribution is -0.144. The zero-order valence-corrected chi connectivity index (χ0v) is 23.5. The van der Waals surface area contributed by atoms with Crippen LogP contribution in [0, 0.1) is 11.8 Å². The number of unbranched alkanes of at least 4 members (excludes halogenated alkanes) is 1. The minimum absolute atomic E-state index is 0.0147. The topological polar surface area (TPSA) is 99.6 Å². The number of likely N-dealkylation sites (tertiary alicyclic amines) is 1. The van der Waals surface area contributed by atoms with Gasteiger partial charge in [0.05, 0.1) is 25.0 Å². The lowest BCUT2D eigenvalue weighted by Crippen LogP contribution is -2.57. The summed E-state index contributed by atoms with van der Waals surface area (Å²) in [6.07, 6.45) is 4.20. The molecule has 3 amide bonds. The molecule has 3 aliphatic heterocycles. The van der Waals surface area contributed by atoms with E-state index in [0.717, 1.165) is 0 Å². The number of likely N-dealkylation sites (N-methyl/N-ethyl adjacent to an activating group) is 1. The third kappa shape index (κ3) is 4.67. The van der Waals surface area contributed by atoms with Crippen molar-refractivity contribution in [3.63, 3.8) is 0 Å². The van der Waals surface area contributed by atoms with Gasteiger partial charge in [-0.3, -0.25) is 14.4 Å². The van der Waals surface area contributed by atoms with Gasteiger partial charge < -0.3 is 29.3 Å². The van der Waals surface area contributed by atoms with Gasteiger partial charge in [0.25, 0.3) is 5.91 Å². The fourth-order valence-electron chi connectivity index (χ4n) is 6.23. The van der Waals surface area contributed by atoms with Crippen LogP contribution in [0.25, 0.3) is 0 Å². The number of fused-ring (bicyclic) bond motifs is 1. The number of nitrogens with zero attached hydrogens (tertiary/aromatic N) is 3. The van der Waals surface area contributed by atoms with Crippen molar-refractivity contribution in [3.05, 3.63) is 49.6 Å². The molecule has 0 radical (unpaired) electrons. The summed E-state index contributed by atoms with van der Waals surface area (Å²) in [5.41, 5.74) is -0.507. The summed E-state index contributed by atoms with van der Waals surface area (Å²) in [5.74, 6) is -1.56. The fourth-order valence-corrected chi connectivity index (χ4v) is 7.17. The Morgan fingerprint density at radius 1 is 1.21 bits per heavy atom. The van der Waals surface area contributed by atoms with Crippen molar-refractivity contribution in [1.82, 2.24) is 9.80 Å². The average Bonchev–Trinajstić information content (AvgIpc) is 3.50. The molecule has 3 saturated heterocycles. The minimum atomic E-state index is -1.15. The Balaban J connectivity index is 1.76. The Kier molecular flexibility index (Phi) is 8.64. The van der Waals surface area contributed by atoms with Crippen molar-refractivity contribution in [1.29, 1.82) is 0 Å². The van der Waals surface area contributed by atoms with E-state index in [-0.39, 0.29) is 42.2 Å². The second-order valence-corrected chi connectivity index (χ2v) is 11.2. The molecule has 3 heterocycles. The van der Waals surface area contributed by atoms with Crippen LogP contribution in [0.5, 0.6) is 5.75 Å². The van der Waals surface area contributed by atoms with Gasteiger partial charge in [-0.1, -0.05) is 28.1 Å². The molecule has 2 bridgehead atoms. The van der Waals surface area contributed by atoms with E-state index in [2.05, 4.69) is 29.1 Å². The number of hydrogen-bond donors (Lipinski definition) is 1. The van der Waals surface area contributed by atoms with Gasteiger partial charge in [0, 0.05) is 43.8 Å². The van der Waals surface area contributed by atoms with E-state index in [1.54, 1.807) is 65.3 Å². The van der Waals surface area contributed by atoms with Gasteiger partial charge in [0.15, 0.2) is 0 Å². The summed E-state index contributed by atoms with van der Waals surface area (Å²) < 4.78 is 11.8. The Morgan fingerprint density at radius 2 is 1.89 bits per heavy atom. The SMILES string of the molecule is C=CCN(C)C(=O)[C@H]1[C@H]2C(=O)N(CCCCO)C(C(=O)N(CC=C)c3ccc(OC)cc3)C23CC(Br)[C@@H]1O3. The number of methoxy groups -OCH3 is 1. The van der Waals surface area contributed by atoms with Crippen LogP contribution >= 0.6 is 15.9 Å². The summed E-state index contributed by atoms with van der Waals surface area (Å²) in [7, 11) is 3.26. The number of rotatable bonds is 12. The molecule has 3 unspecified atom stereocenters. The predicted octanol–water partition coefficient (Wildman–Crippen LogP) is 2.38. The van der Waals surface area contributed by atoms with E-state index in [0.29, 0.717) is 37.2 Å². The van der Waals surface area contributed by atoms with E-state index in [4.69, 9.17) is 9.47 Å². The van der Waals surface area contributed by atoms with Crippen LogP contribution in [0.1, 0.15) is 19.3 Å². The van der Waals surface area contributed by atoms with Crippen LogP contribution in [-0.4, -0.2) is 95.6 Å². The third-order valence-corrected chi connectivity index (χ3v) is 8.70. The zero-order chi connectivity index (χ0) is 27.6. The number of halogens is 1. The summed E-state index contributed by atoms with van der Waals surface area (Å²) in [5, 5.41) is 9.37. The van der Waals surface area contributed by atoms with Crippen LogP contribution in [0.3, 0.4) is 0 Å². The molecule has 10 heteroatoms. The highest BCUT2D eigenvalue weighted by Gasteiger charge is 2.76. The molecule has 9 nitrogen and oxygen atoms in total. The number of anilines is 1. The molecule has 1 aromatic rings. The quantitative estimate of drug-likeness (QED) is 0.228. The van der Waals surface area contributed by atoms with Gasteiger partial charge in [0.2, 0.25) is 11.8 Å². The van der Waals surface area contributed by atoms with Crippen molar-refractivity contribution >= 4 is 39.3 Å². The van der Waals surface area contributed by atoms with Crippen molar-refractivity contribution in [2.45, 2.75) is 41.8 Å². The summed E-state index contributed by atoms with van der Waals surface area (Å²) in [4.78, 5) is 46.6. The van der Waals surface area contributed by atoms with E-state index >= 15 is 0 Å². The van der Waals surface area contributed by atoms with Gasteiger partial charge in [0.1, 0.15) is 17.4 Å². The van der Waals surface area contributed by atoms with Gasteiger partial charge in [-0.15, -0.1) is 13.2 Å². The lowest BCUT2D eigenvalue weighted by Gasteiger charge is -2.37. The van der Waals surface area contributed by atoms with Crippen LogP contribution in [0.4, 0.5) is 5.69 Å². The molecule has 206 valence electrons. The maximum absolute atomic E-state index is 14.4. The highest BCUT2D eigenvalue weighted by molar-refractivity contribution is 9.09. The van der Waals surface area contributed by atoms with Crippen molar-refractivity contribution in [3.8, 4) is 5.75 Å². The number of carbonyl (C=O) groups excluding carboxylic acids is 3. The molecule has 0 saturated carbocycles. The molecule has 1 N–H and O–H groups in total. The molecule has 6 atom stereocenters. The number of ether oxygens (including phenoxy) is 2. The summed E-state index contributed by atoms with van der Waals surface area (Å²) >= 11 is 3.70. The van der Waals surface area contributed by atoms with E-state index < -0.39 is 29.6 Å². The monoisotopic (exact) mass is 589 g/mol. The first-order chi connectivity index (χ1) is 18.2. The number of amides is 3. The molecule has 1 spiro atoms. The Morgan fingerprint density at radius 3 is 2.50 bits per heavy atom. The Hall–Kier alpha value is -2.69. The second-order valence-electron chi connectivity index (χ2n) is 10.1. The Labute approximate surface area is 232 Å². The van der Waals surface area contributed by atoms with Crippen LogP contribution < -0.4 is 9.64 Å². The largest absolute Gasteiger partial charge is 0.497 e. The minimum Gasteiger partial charge on any atom is -0.497 e. The molecule has 3 aliphatic rings. The predicted molar refractivity (Wildman–Crippen MR) is 147 cm³/mol. The first kappa shape index (κ1) is 28.3. The smallest absolute Gasteiger partial charge is 0.253 e. The van der Waals surface area contributed by atoms with Crippen LogP contribution in [0.2, 0.25) is 0 Å². The standard InChI is InChI=1S/C28H36BrN3O6/c1-5-13-30(3)25(34)21-22-26(35)32(15-7-8-16-33)24(28(22)17-20(29)23(21)38-28)27(36)31(14-6-2)18-9-11-19(37-4)12-10-18/h5-6,9-12,20-24,33H,1-2,7-8,13-17H2,3-4H3/t20?,21-,22-,23-,24?,28?/m0/s1. The van der Waals surface area contributed by atoms with Gasteiger partial charge in [-0.05, 0) is 43.5 Å². The van der Waals surface area contributed by atoms with Crippen LogP contribution in [0.15, 0.2) is 49.6 Å². The zero-order valence-electron chi connectivity index (χ0n) is 21.9. The first-order valence-electron chi connectivity index (χ1n) is 12.9. The van der Waals surface area contributed by atoms with E-state index in [9.17, 15) is 19.5 Å². The van der Waals surface area contributed by atoms with Gasteiger partial charge >= 0.3 is 0 Å². The number of hydrogen-bond acceptors (Lipinski definition) is 6. The molecule has 4 rings (SSSR count). The van der Waals surface area contributed by atoms with Gasteiger partial charge in [-0.2, -0.15) is 0 Å². The number of aliphatic hydroxyl groups excluding tert-OH is 1. The molecule has 0 aliphatic carbocycles. The van der Waals surface area contributed by atoms with Crippen LogP contribution in [-0.2, 0) is 19.1 Å². The maximum atomic E-state index is 14.4. The first-order valence-corrected chi connectivity index (χ1v) is 13.8. The van der Waals surface area contributed by atoms with Crippen molar-refractivity contribution in [2.75, 3.05) is 45.3 Å². The highest BCUT2D eigenvalue weighted by atomic mass is 79.9. The number of aliphatic hydroxyl groups is 1. The molecule has 38 heavy (non-hydrogen) atoms. The number of benzene rings is 1. The number of alkyl halides is 1. The normalized spacial score (nSPS) is 29.2. The molecule has 0 aromatic heterocycles. The fraction of sp³-hybridized carbons (Fsp3) is 0.536. The molecule has 3 fully saturated rings. The maximum Gasteiger partial charge on any atom is 0.253 e. The molecular weight excluding hydrogens is 554 g/mol. The average molecular weight is 591 g/mol. The van der Waals surface area contributed by atoms with Crippen molar-refractivity contribution in [2.24, 2.45) is 11.8 Å². The summed E-state index contributed by atoms with van der Waals surface area (Å²) in [6.45, 7) is 8.40. The summed E-state index contributed by atoms with van der Waals surface area (Å²) in [6, 6.07) is 6.20. The van der Waals surface area contributed by atoms with Gasteiger partial charge in [-0.25, -0.2) is 0 Å². The third-order valence-electron chi connectivity index (χ3n) is 7.86. The Bertz CT molecular complexity index is 1080. The van der Waals surface area contributed by atoms with Crippen molar-refractivity contribution < 1.29 is 29.0 Å². The van der Waals surface area contributed by atoms with E-state index in [1.807, 2.05) is 0 Å². The highest BCUT2D eigenvalue weighted by Crippen LogP contribution is 2.60. The second kappa shape index (κ2) is 11.6. The lowest BCUT2D eigenvalue weighted by atomic mass is 9.70. The molecule has 1 aromatic carbocycles.